The van der Waals surface area contributed by atoms with Crippen molar-refractivity contribution in [2.75, 3.05) is 14.2 Å². The summed E-state index contributed by atoms with van der Waals surface area (Å²) in [6.07, 6.45) is 0. The molecule has 30 heavy (non-hydrogen) atoms. The largest absolute Gasteiger partial charge is 0.497 e. The van der Waals surface area contributed by atoms with E-state index >= 15 is 0 Å². The quantitative estimate of drug-likeness (QED) is 0.622. The zero-order valence-corrected chi connectivity index (χ0v) is 18.5. The van der Waals surface area contributed by atoms with Crippen molar-refractivity contribution >= 4 is 27.0 Å². The highest BCUT2D eigenvalue weighted by Crippen LogP contribution is 2.22. The number of ether oxygens (including phenoxy) is 1. The van der Waals surface area contributed by atoms with E-state index < -0.39 is 10.0 Å². The maximum atomic E-state index is 12.9. The number of aryl methyl sites for hydroxylation is 1. The van der Waals surface area contributed by atoms with Gasteiger partial charge in [-0.15, -0.1) is 0 Å². The predicted octanol–water partition coefficient (Wildman–Crippen LogP) is 2.54. The Labute approximate surface area is 176 Å². The van der Waals surface area contributed by atoms with Crippen molar-refractivity contribution in [1.29, 1.82) is 0 Å². The molecule has 3 rings (SSSR count). The Hall–Kier alpha value is -2.91. The molecule has 0 saturated carbocycles. The molecular weight excluding hydrogens is 404 g/mol. The second-order valence-corrected chi connectivity index (χ2v) is 9.40. The van der Waals surface area contributed by atoms with E-state index in [4.69, 9.17) is 4.74 Å². The minimum atomic E-state index is -3.69. The van der Waals surface area contributed by atoms with E-state index in [1.807, 2.05) is 31.5 Å². The lowest BCUT2D eigenvalue weighted by Gasteiger charge is -2.17. The van der Waals surface area contributed by atoms with E-state index in [-0.39, 0.29) is 23.4 Å². The third-order valence-corrected chi connectivity index (χ3v) is 6.60. The molecule has 0 aliphatic heterocycles. The molecule has 0 radical (unpaired) electrons. The second kappa shape index (κ2) is 8.45. The molecule has 0 atom stereocenters. The van der Waals surface area contributed by atoms with Crippen molar-refractivity contribution in [3.05, 3.63) is 53.9 Å². The number of carbonyl (C=O) groups is 1. The number of amides is 1. The summed E-state index contributed by atoms with van der Waals surface area (Å²) in [5.74, 6) is 0.994. The van der Waals surface area contributed by atoms with Gasteiger partial charge in [0.05, 0.1) is 29.6 Å². The second-order valence-electron chi connectivity index (χ2n) is 7.36. The monoisotopic (exact) mass is 430 g/mol. The van der Waals surface area contributed by atoms with Gasteiger partial charge in [0.15, 0.2) is 0 Å². The minimum Gasteiger partial charge on any atom is -0.497 e. The van der Waals surface area contributed by atoms with Gasteiger partial charge in [-0.3, -0.25) is 4.79 Å². The fourth-order valence-corrected chi connectivity index (χ4v) is 4.21. The maximum Gasteiger partial charge on any atom is 0.251 e. The summed E-state index contributed by atoms with van der Waals surface area (Å²) in [6, 6.07) is 11.6. The molecule has 0 aliphatic carbocycles. The van der Waals surface area contributed by atoms with Gasteiger partial charge in [0.1, 0.15) is 11.6 Å². The SMILES string of the molecule is COc1ccc(S(=O)(=O)N(C)Cc2nc3cc(C(=O)NC(C)C)ccc3n2C)cc1. The van der Waals surface area contributed by atoms with Crippen LogP contribution in [0.3, 0.4) is 0 Å². The summed E-state index contributed by atoms with van der Waals surface area (Å²) in [5, 5.41) is 2.85. The zero-order chi connectivity index (χ0) is 22.1. The number of hydrogen-bond donors (Lipinski definition) is 1. The van der Waals surface area contributed by atoms with Crippen LogP contribution in [0.4, 0.5) is 0 Å². The summed E-state index contributed by atoms with van der Waals surface area (Å²) in [4.78, 5) is 17.0. The lowest BCUT2D eigenvalue weighted by molar-refractivity contribution is 0.0943. The Morgan fingerprint density at radius 3 is 2.47 bits per heavy atom. The van der Waals surface area contributed by atoms with Crippen LogP contribution in [0, 0.1) is 0 Å². The number of nitrogens with one attached hydrogen (secondary N) is 1. The summed E-state index contributed by atoms with van der Waals surface area (Å²) < 4.78 is 34.0. The van der Waals surface area contributed by atoms with E-state index in [1.54, 1.807) is 24.3 Å². The van der Waals surface area contributed by atoms with Gasteiger partial charge >= 0.3 is 0 Å². The number of imidazole rings is 1. The molecule has 0 aliphatic rings. The molecule has 1 aromatic heterocycles. The standard InChI is InChI=1S/C21H26N4O4S/c1-14(2)22-21(26)15-6-11-19-18(12-15)23-20(25(19)4)13-24(3)30(27,28)17-9-7-16(29-5)8-10-17/h6-12,14H,13H2,1-5H3,(H,22,26). The van der Waals surface area contributed by atoms with Gasteiger partial charge < -0.3 is 14.6 Å². The van der Waals surface area contributed by atoms with Gasteiger partial charge in [-0.1, -0.05) is 0 Å². The van der Waals surface area contributed by atoms with Crippen LogP contribution < -0.4 is 10.1 Å². The number of hydrogen-bond acceptors (Lipinski definition) is 5. The predicted molar refractivity (Wildman–Crippen MR) is 115 cm³/mol. The Kier molecular flexibility index (Phi) is 6.14. The topological polar surface area (TPSA) is 93.5 Å². The van der Waals surface area contributed by atoms with Crippen LogP contribution >= 0.6 is 0 Å². The normalized spacial score (nSPS) is 12.0. The van der Waals surface area contributed by atoms with Crippen molar-refractivity contribution in [3.63, 3.8) is 0 Å². The number of fused-ring (bicyclic) bond motifs is 1. The zero-order valence-electron chi connectivity index (χ0n) is 17.7. The molecule has 2 aromatic carbocycles. The van der Waals surface area contributed by atoms with Crippen molar-refractivity contribution in [3.8, 4) is 5.75 Å². The molecule has 0 saturated heterocycles. The lowest BCUT2D eigenvalue weighted by Crippen LogP contribution is -2.29. The first kappa shape index (κ1) is 21.8. The molecule has 0 bridgehead atoms. The fraction of sp³-hybridized carbons (Fsp3) is 0.333. The highest BCUT2D eigenvalue weighted by Gasteiger charge is 2.23. The highest BCUT2D eigenvalue weighted by molar-refractivity contribution is 7.89. The third-order valence-electron chi connectivity index (χ3n) is 4.79. The van der Waals surface area contributed by atoms with Gasteiger partial charge in [-0.2, -0.15) is 4.31 Å². The number of carbonyl (C=O) groups excluding carboxylic acids is 1. The fourth-order valence-electron chi connectivity index (χ4n) is 3.09. The number of benzene rings is 2. The van der Waals surface area contributed by atoms with Crippen LogP contribution in [0.1, 0.15) is 30.0 Å². The molecule has 8 nitrogen and oxygen atoms in total. The molecule has 3 aromatic rings. The summed E-state index contributed by atoms with van der Waals surface area (Å²) in [6.45, 7) is 3.88. The van der Waals surface area contributed by atoms with Crippen LogP contribution in [0.2, 0.25) is 0 Å². The van der Waals surface area contributed by atoms with E-state index in [0.717, 1.165) is 5.52 Å². The minimum absolute atomic E-state index is 0.0318. The molecule has 1 heterocycles. The molecule has 1 amide bonds. The molecule has 0 fully saturated rings. The molecule has 1 N–H and O–H groups in total. The van der Waals surface area contributed by atoms with Gasteiger partial charge in [-0.25, -0.2) is 13.4 Å². The van der Waals surface area contributed by atoms with Crippen LogP contribution in [0.25, 0.3) is 11.0 Å². The molecule has 0 unspecified atom stereocenters. The summed E-state index contributed by atoms with van der Waals surface area (Å²) >= 11 is 0. The van der Waals surface area contributed by atoms with Crippen molar-refractivity contribution in [2.45, 2.75) is 31.3 Å². The highest BCUT2D eigenvalue weighted by atomic mass is 32.2. The first-order valence-corrected chi connectivity index (χ1v) is 10.9. The van der Waals surface area contributed by atoms with Crippen molar-refractivity contribution < 1.29 is 17.9 Å². The van der Waals surface area contributed by atoms with E-state index in [2.05, 4.69) is 10.3 Å². The average Bonchev–Trinajstić information content (AvgIpc) is 3.02. The number of sulfonamides is 1. The Morgan fingerprint density at radius 2 is 1.87 bits per heavy atom. The Bertz CT molecular complexity index is 1170. The number of rotatable bonds is 7. The number of aromatic nitrogens is 2. The Morgan fingerprint density at radius 1 is 1.20 bits per heavy atom. The average molecular weight is 431 g/mol. The maximum absolute atomic E-state index is 12.9. The molecular formula is C21H26N4O4S. The van der Waals surface area contributed by atoms with Gasteiger partial charge in [-0.05, 0) is 56.3 Å². The lowest BCUT2D eigenvalue weighted by atomic mass is 10.2. The first-order chi connectivity index (χ1) is 14.1. The molecule has 0 spiro atoms. The van der Waals surface area contributed by atoms with Crippen LogP contribution in [0.5, 0.6) is 5.75 Å². The van der Waals surface area contributed by atoms with Crippen LogP contribution in [-0.2, 0) is 23.6 Å². The smallest absolute Gasteiger partial charge is 0.251 e. The Balaban J connectivity index is 1.87. The molecule has 160 valence electrons. The summed E-state index contributed by atoms with van der Waals surface area (Å²) in [7, 11) is 1.18. The van der Waals surface area contributed by atoms with E-state index in [1.165, 1.54) is 30.6 Å². The number of methoxy groups -OCH3 is 1. The van der Waals surface area contributed by atoms with Gasteiger partial charge in [0.2, 0.25) is 10.0 Å². The third kappa shape index (κ3) is 4.31. The molecule has 9 heteroatoms. The number of nitrogens with zero attached hydrogens (tertiary/aromatic N) is 3. The van der Waals surface area contributed by atoms with Gasteiger partial charge in [0, 0.05) is 25.7 Å². The van der Waals surface area contributed by atoms with E-state index in [9.17, 15) is 13.2 Å². The van der Waals surface area contributed by atoms with Crippen LogP contribution in [-0.4, -0.2) is 48.4 Å². The summed E-state index contributed by atoms with van der Waals surface area (Å²) in [5.41, 5.74) is 1.97. The van der Waals surface area contributed by atoms with Crippen molar-refractivity contribution in [1.82, 2.24) is 19.2 Å². The first-order valence-electron chi connectivity index (χ1n) is 9.50. The van der Waals surface area contributed by atoms with Gasteiger partial charge in [0.25, 0.3) is 5.91 Å². The van der Waals surface area contributed by atoms with E-state index in [0.29, 0.717) is 22.7 Å². The van der Waals surface area contributed by atoms with Crippen molar-refractivity contribution in [2.24, 2.45) is 7.05 Å². The van der Waals surface area contributed by atoms with Crippen LogP contribution in [0.15, 0.2) is 47.4 Å².